The van der Waals surface area contributed by atoms with Gasteiger partial charge in [0, 0.05) is 19.3 Å². The first-order chi connectivity index (χ1) is 30.5. The maximum absolute atomic E-state index is 12.7. The molecule has 0 aromatic rings. The molecule has 0 aliphatic carbocycles. The molecule has 6 heteroatoms. The second kappa shape index (κ2) is 49.5. The standard InChI is InChI=1S/C56H88O6/c1-4-7-10-13-16-19-22-24-26-28-30-31-34-37-40-43-46-49-55(58)61-52-53(51-60-54(57)48-45-42-39-36-33-21-18-15-12-9-6-3)62-56(59)50-47-44-41-38-35-32-29-27-25-23-20-17-14-11-8-5-2/h8,11,15,17-18,20-21,24-27,30-33,35,37,40-41,44,53H,4-7,9-10,12-14,16,19,22-23,28-29,34,36,38-39,42-43,45-52H2,1-3H3/b11-8-,18-15-,20-17-,26-24-,27-25-,31-30-,33-21-,35-32-,40-37-,44-41-. The Morgan fingerprint density at radius 2 is 0.742 bits per heavy atom. The van der Waals surface area contributed by atoms with Crippen molar-refractivity contribution in [2.45, 2.75) is 200 Å². The van der Waals surface area contributed by atoms with Crippen molar-refractivity contribution in [1.82, 2.24) is 0 Å². The van der Waals surface area contributed by atoms with Crippen molar-refractivity contribution < 1.29 is 28.6 Å². The molecular weight excluding hydrogens is 769 g/mol. The van der Waals surface area contributed by atoms with Crippen LogP contribution in [0.2, 0.25) is 0 Å². The molecular formula is C56H88O6. The minimum atomic E-state index is -0.851. The molecule has 1 atom stereocenters. The van der Waals surface area contributed by atoms with Gasteiger partial charge in [-0.25, -0.2) is 0 Å². The first-order valence-corrected chi connectivity index (χ1v) is 24.6. The summed E-state index contributed by atoms with van der Waals surface area (Å²) in [6, 6.07) is 0. The third-order valence-electron chi connectivity index (χ3n) is 9.71. The largest absolute Gasteiger partial charge is 0.462 e. The van der Waals surface area contributed by atoms with Crippen LogP contribution in [0.4, 0.5) is 0 Å². The van der Waals surface area contributed by atoms with Crippen molar-refractivity contribution in [2.24, 2.45) is 0 Å². The summed E-state index contributed by atoms with van der Waals surface area (Å²) in [7, 11) is 0. The van der Waals surface area contributed by atoms with Crippen LogP contribution in [0, 0.1) is 0 Å². The molecule has 0 aromatic heterocycles. The molecule has 0 amide bonds. The lowest BCUT2D eigenvalue weighted by molar-refractivity contribution is -0.166. The second-order valence-electron chi connectivity index (χ2n) is 15.7. The molecule has 348 valence electrons. The van der Waals surface area contributed by atoms with Crippen molar-refractivity contribution in [2.75, 3.05) is 13.2 Å². The van der Waals surface area contributed by atoms with Crippen LogP contribution in [0.5, 0.6) is 0 Å². The Balaban J connectivity index is 4.62. The van der Waals surface area contributed by atoms with Gasteiger partial charge < -0.3 is 14.2 Å². The number of hydrogen-bond donors (Lipinski definition) is 0. The van der Waals surface area contributed by atoms with E-state index in [0.29, 0.717) is 19.3 Å². The van der Waals surface area contributed by atoms with Gasteiger partial charge in [0.05, 0.1) is 0 Å². The summed E-state index contributed by atoms with van der Waals surface area (Å²) in [6.45, 7) is 6.30. The molecule has 0 aromatic carbocycles. The maximum Gasteiger partial charge on any atom is 0.306 e. The Kier molecular flexibility index (Phi) is 46.1. The number of rotatable bonds is 42. The predicted octanol–water partition coefficient (Wildman–Crippen LogP) is 16.1. The van der Waals surface area contributed by atoms with Crippen LogP contribution in [-0.2, 0) is 28.6 Å². The fourth-order valence-electron chi connectivity index (χ4n) is 6.01. The first-order valence-electron chi connectivity index (χ1n) is 24.6. The Hall–Kier alpha value is -4.19. The average molecular weight is 857 g/mol. The van der Waals surface area contributed by atoms with Gasteiger partial charge in [-0.1, -0.05) is 194 Å². The summed E-state index contributed by atoms with van der Waals surface area (Å²) in [4.78, 5) is 37.8. The second-order valence-corrected chi connectivity index (χ2v) is 15.7. The zero-order valence-electron chi connectivity index (χ0n) is 39.6. The fraction of sp³-hybridized carbons (Fsp3) is 0.589. The molecule has 0 rings (SSSR count). The van der Waals surface area contributed by atoms with E-state index in [0.717, 1.165) is 83.5 Å². The van der Waals surface area contributed by atoms with Crippen molar-refractivity contribution in [3.63, 3.8) is 0 Å². The highest BCUT2D eigenvalue weighted by Gasteiger charge is 2.19. The Bertz CT molecular complexity index is 1350. The number of allylic oxidation sites excluding steroid dienone is 20. The molecule has 0 aliphatic rings. The lowest BCUT2D eigenvalue weighted by Crippen LogP contribution is -2.30. The molecule has 0 heterocycles. The normalized spacial score (nSPS) is 13.1. The Morgan fingerprint density at radius 3 is 1.26 bits per heavy atom. The smallest absolute Gasteiger partial charge is 0.306 e. The number of ether oxygens (including phenoxy) is 3. The summed E-state index contributed by atoms with van der Waals surface area (Å²) in [5.41, 5.74) is 0. The van der Waals surface area contributed by atoms with Crippen LogP contribution < -0.4 is 0 Å². The van der Waals surface area contributed by atoms with Crippen LogP contribution in [0.1, 0.15) is 194 Å². The zero-order valence-corrected chi connectivity index (χ0v) is 39.6. The lowest BCUT2D eigenvalue weighted by Gasteiger charge is -2.18. The van der Waals surface area contributed by atoms with Crippen LogP contribution in [0.3, 0.4) is 0 Å². The van der Waals surface area contributed by atoms with Gasteiger partial charge in [0.15, 0.2) is 6.10 Å². The highest BCUT2D eigenvalue weighted by atomic mass is 16.6. The minimum absolute atomic E-state index is 0.141. The third-order valence-corrected chi connectivity index (χ3v) is 9.71. The molecule has 0 fully saturated rings. The highest BCUT2D eigenvalue weighted by molar-refractivity contribution is 5.71. The van der Waals surface area contributed by atoms with Gasteiger partial charge in [0.25, 0.3) is 0 Å². The van der Waals surface area contributed by atoms with Crippen molar-refractivity contribution in [3.05, 3.63) is 122 Å². The van der Waals surface area contributed by atoms with E-state index >= 15 is 0 Å². The summed E-state index contributed by atoms with van der Waals surface area (Å²) < 4.78 is 16.6. The van der Waals surface area contributed by atoms with Crippen molar-refractivity contribution in [3.8, 4) is 0 Å². The van der Waals surface area contributed by atoms with Crippen LogP contribution >= 0.6 is 0 Å². The number of esters is 3. The minimum Gasteiger partial charge on any atom is -0.462 e. The number of carbonyl (C=O) groups excluding carboxylic acids is 3. The molecule has 0 bridgehead atoms. The van der Waals surface area contributed by atoms with E-state index in [1.54, 1.807) is 0 Å². The lowest BCUT2D eigenvalue weighted by atomic mass is 10.1. The molecule has 1 unspecified atom stereocenters. The van der Waals surface area contributed by atoms with Crippen LogP contribution in [0.15, 0.2) is 122 Å². The number of unbranched alkanes of at least 4 members (excludes halogenated alkanes) is 12. The van der Waals surface area contributed by atoms with Gasteiger partial charge in [-0.05, 0) is 103 Å². The van der Waals surface area contributed by atoms with Gasteiger partial charge in [-0.2, -0.15) is 0 Å². The van der Waals surface area contributed by atoms with Crippen molar-refractivity contribution >= 4 is 17.9 Å². The Morgan fingerprint density at radius 1 is 0.355 bits per heavy atom. The van der Waals surface area contributed by atoms with Gasteiger partial charge in [-0.3, -0.25) is 14.4 Å². The molecule has 62 heavy (non-hydrogen) atoms. The third kappa shape index (κ3) is 46.9. The Labute approximate surface area is 380 Å². The molecule has 0 saturated carbocycles. The number of carbonyl (C=O) groups is 3. The summed E-state index contributed by atoms with van der Waals surface area (Å²) in [6.07, 6.45) is 67.7. The summed E-state index contributed by atoms with van der Waals surface area (Å²) >= 11 is 0. The van der Waals surface area contributed by atoms with Crippen LogP contribution in [-0.4, -0.2) is 37.2 Å². The topological polar surface area (TPSA) is 78.9 Å². The van der Waals surface area contributed by atoms with E-state index < -0.39 is 12.1 Å². The summed E-state index contributed by atoms with van der Waals surface area (Å²) in [5, 5.41) is 0. The quantitative estimate of drug-likeness (QED) is 0.0200. The highest BCUT2D eigenvalue weighted by Crippen LogP contribution is 2.10. The number of hydrogen-bond acceptors (Lipinski definition) is 6. The molecule has 0 aliphatic heterocycles. The van der Waals surface area contributed by atoms with Crippen molar-refractivity contribution in [1.29, 1.82) is 0 Å². The molecule has 0 N–H and O–H groups in total. The fourth-order valence-corrected chi connectivity index (χ4v) is 6.01. The predicted molar refractivity (Wildman–Crippen MR) is 265 cm³/mol. The first kappa shape index (κ1) is 57.8. The van der Waals surface area contributed by atoms with E-state index in [1.807, 2.05) is 12.2 Å². The van der Waals surface area contributed by atoms with Gasteiger partial charge in [-0.15, -0.1) is 0 Å². The van der Waals surface area contributed by atoms with E-state index in [9.17, 15) is 14.4 Å². The van der Waals surface area contributed by atoms with E-state index in [-0.39, 0.29) is 38.0 Å². The van der Waals surface area contributed by atoms with Crippen LogP contribution in [0.25, 0.3) is 0 Å². The maximum atomic E-state index is 12.7. The average Bonchev–Trinajstić information content (AvgIpc) is 3.27. The van der Waals surface area contributed by atoms with Gasteiger partial charge in [0.1, 0.15) is 13.2 Å². The zero-order chi connectivity index (χ0) is 45.1. The summed E-state index contributed by atoms with van der Waals surface area (Å²) in [5.74, 6) is -1.12. The van der Waals surface area contributed by atoms with E-state index in [1.165, 1.54) is 57.8 Å². The SMILES string of the molecule is CC/C=C\C/C=C\C/C=C\C/C=C\C/C=C\CCC(=O)OC(COC(=O)CCC/C=C\C/C=C\C/C=C\CCCCCCCC)COC(=O)CCCCC/C=C\C=C/CCCC. The molecule has 0 radical (unpaired) electrons. The van der Waals surface area contributed by atoms with Gasteiger partial charge in [0.2, 0.25) is 0 Å². The molecule has 0 spiro atoms. The van der Waals surface area contributed by atoms with E-state index in [2.05, 4.69) is 130 Å². The van der Waals surface area contributed by atoms with E-state index in [4.69, 9.17) is 14.2 Å². The monoisotopic (exact) mass is 857 g/mol. The van der Waals surface area contributed by atoms with Gasteiger partial charge >= 0.3 is 17.9 Å². The molecule has 0 saturated heterocycles. The molecule has 6 nitrogen and oxygen atoms in total.